The van der Waals surface area contributed by atoms with Crippen LogP contribution in [0.25, 0.3) is 32.3 Å². The SMILES string of the molecule is CC.CC.CC.CCC.CO.CO.CO.[Y].[c-]1ccccc1.[c-]1ccccc1.c1ccc2ccccc2c1.c1ccc2ccccc2c1.c1ccc2ccccc2c1. The van der Waals surface area contributed by atoms with E-state index < -0.39 is 0 Å². The fraction of sp³-hybridized carbons (Fsp3) is 0.222. The molecule has 3 nitrogen and oxygen atoms in total. The van der Waals surface area contributed by atoms with Gasteiger partial charge in [-0.05, 0) is 32.3 Å². The first-order valence-corrected chi connectivity index (χ1v) is 19.8. The van der Waals surface area contributed by atoms with Crippen LogP contribution in [0.2, 0.25) is 0 Å². The van der Waals surface area contributed by atoms with Crippen molar-refractivity contribution in [2.45, 2.75) is 61.8 Å². The van der Waals surface area contributed by atoms with Gasteiger partial charge in [-0.3, -0.25) is 0 Å². The van der Waals surface area contributed by atoms with Crippen LogP contribution in [0.1, 0.15) is 61.8 Å². The molecule has 3 N–H and O–H groups in total. The maximum absolute atomic E-state index is 7.00. The van der Waals surface area contributed by atoms with Crippen LogP contribution in [0.5, 0.6) is 0 Å². The maximum atomic E-state index is 7.00. The minimum Gasteiger partial charge on any atom is -0.400 e. The molecular weight excluding hydrogens is 785 g/mol. The van der Waals surface area contributed by atoms with Crippen LogP contribution >= 0.6 is 0 Å². The second-order valence-electron chi connectivity index (χ2n) is 9.90. The fourth-order valence-corrected chi connectivity index (χ4v) is 4.08. The molecule has 311 valence electrons. The molecule has 1 radical (unpaired) electrons. The Kier molecular flexibility index (Phi) is 59.1. The van der Waals surface area contributed by atoms with E-state index >= 15 is 0 Å². The molecule has 8 rings (SSSR count). The molecule has 0 spiro atoms. The average Bonchev–Trinajstić information content (AvgIpc) is 3.35. The van der Waals surface area contributed by atoms with Crippen LogP contribution in [0.15, 0.2) is 206 Å². The third kappa shape index (κ3) is 34.7. The van der Waals surface area contributed by atoms with Crippen LogP contribution < -0.4 is 0 Å². The molecule has 0 aliphatic carbocycles. The molecule has 0 saturated carbocycles. The minimum atomic E-state index is 0. The van der Waals surface area contributed by atoms with Crippen LogP contribution in [0.3, 0.4) is 0 Å². The Morgan fingerprint density at radius 3 is 0.466 bits per heavy atom. The van der Waals surface area contributed by atoms with E-state index in [0.29, 0.717) is 0 Å². The molecule has 0 unspecified atom stereocenters. The molecule has 4 heteroatoms. The van der Waals surface area contributed by atoms with E-state index in [0.717, 1.165) is 21.3 Å². The van der Waals surface area contributed by atoms with Gasteiger partial charge in [-0.15, -0.1) is 0 Å². The predicted molar refractivity (Wildman–Crippen MR) is 257 cm³/mol. The summed E-state index contributed by atoms with van der Waals surface area (Å²) in [7, 11) is 3.00. The summed E-state index contributed by atoms with van der Waals surface area (Å²) in [6.45, 7) is 16.2. The molecule has 0 fully saturated rings. The van der Waals surface area contributed by atoms with E-state index in [-0.39, 0.29) is 32.7 Å². The first-order chi connectivity index (χ1) is 28.3. The molecule has 0 aromatic heterocycles. The number of fused-ring (bicyclic) bond motifs is 3. The summed E-state index contributed by atoms with van der Waals surface area (Å²) in [6.07, 6.45) is 1.25. The largest absolute Gasteiger partial charge is 0.400 e. The zero-order valence-electron chi connectivity index (χ0n) is 37.3. The van der Waals surface area contributed by atoms with Crippen molar-refractivity contribution in [3.63, 3.8) is 0 Å². The third-order valence-electron chi connectivity index (χ3n) is 6.19. The van der Waals surface area contributed by atoms with Crippen molar-refractivity contribution in [2.24, 2.45) is 0 Å². The second kappa shape index (κ2) is 54.6. The van der Waals surface area contributed by atoms with E-state index in [4.69, 9.17) is 15.3 Å². The standard InChI is InChI=1S/3C10H8.2C6H5.C3H8.3C2H6.3CH4O.Y/c3*1-2-6-10-8-4-3-7-9(10)5-1;2*1-2-4-6-5-3-1;1-3-2;6*1-2;/h3*1-8H;2*1-5H;3H2,1-2H3;3*1-2H3;3*2H,1H3;/q;;;2*-1;;;;;;;;. The third-order valence-corrected chi connectivity index (χ3v) is 6.19. The number of rotatable bonds is 0. The van der Waals surface area contributed by atoms with Gasteiger partial charge in [0.15, 0.2) is 0 Å². The Bertz CT molecular complexity index is 1410. The smallest absolute Gasteiger partial charge is 0.0319 e. The summed E-state index contributed by atoms with van der Waals surface area (Å²) in [5.74, 6) is 0. The zero-order chi connectivity index (χ0) is 43.6. The monoisotopic (exact) mass is 857 g/mol. The molecule has 0 saturated heterocycles. The summed E-state index contributed by atoms with van der Waals surface area (Å²) >= 11 is 0. The van der Waals surface area contributed by atoms with Gasteiger partial charge in [-0.2, -0.15) is 72.8 Å². The molecule has 0 heterocycles. The minimum absolute atomic E-state index is 0. The number of hydrogen-bond donors (Lipinski definition) is 3. The van der Waals surface area contributed by atoms with Crippen LogP contribution in [-0.2, 0) is 32.7 Å². The van der Waals surface area contributed by atoms with Gasteiger partial charge >= 0.3 is 0 Å². The topological polar surface area (TPSA) is 60.7 Å². The van der Waals surface area contributed by atoms with Crippen molar-refractivity contribution in [1.29, 1.82) is 0 Å². The summed E-state index contributed by atoms with van der Waals surface area (Å²) in [6, 6.07) is 75.1. The van der Waals surface area contributed by atoms with Crippen molar-refractivity contribution in [3.8, 4) is 0 Å². The molecule has 8 aromatic carbocycles. The van der Waals surface area contributed by atoms with Crippen molar-refractivity contribution in [3.05, 3.63) is 218 Å². The molecule has 0 aliphatic heterocycles. The first kappa shape index (κ1) is 62.7. The Balaban J connectivity index is -0.000000188. The van der Waals surface area contributed by atoms with E-state index in [1.54, 1.807) is 0 Å². The molecule has 0 atom stereocenters. The van der Waals surface area contributed by atoms with Crippen molar-refractivity contribution in [2.75, 3.05) is 21.3 Å². The van der Waals surface area contributed by atoms with Gasteiger partial charge in [-0.1, -0.05) is 207 Å². The van der Waals surface area contributed by atoms with Gasteiger partial charge in [0, 0.05) is 54.0 Å². The van der Waals surface area contributed by atoms with Crippen molar-refractivity contribution < 1.29 is 48.0 Å². The Hall–Kier alpha value is -4.48. The predicted octanol–water partition coefficient (Wildman–Crippen LogP) is 14.8. The van der Waals surface area contributed by atoms with Gasteiger partial charge in [0.05, 0.1) is 0 Å². The van der Waals surface area contributed by atoms with Crippen LogP contribution in [0.4, 0.5) is 0 Å². The zero-order valence-corrected chi connectivity index (χ0v) is 40.1. The summed E-state index contributed by atoms with van der Waals surface area (Å²) < 4.78 is 0. The number of benzene rings is 8. The number of hydrogen-bond acceptors (Lipinski definition) is 3. The summed E-state index contributed by atoms with van der Waals surface area (Å²) in [4.78, 5) is 0. The molecule has 0 bridgehead atoms. The molecular formula is C54H72O3Y-2. The van der Waals surface area contributed by atoms with E-state index in [2.05, 4.69) is 172 Å². The van der Waals surface area contributed by atoms with E-state index in [9.17, 15) is 0 Å². The Morgan fingerprint density at radius 2 is 0.397 bits per heavy atom. The Labute approximate surface area is 379 Å². The summed E-state index contributed by atoms with van der Waals surface area (Å²) in [5.41, 5.74) is 0. The quantitative estimate of drug-likeness (QED) is 0.133. The molecule has 0 aliphatic rings. The molecule has 0 amide bonds. The van der Waals surface area contributed by atoms with Gasteiger partial charge in [0.2, 0.25) is 0 Å². The fourth-order valence-electron chi connectivity index (χ4n) is 4.08. The van der Waals surface area contributed by atoms with E-state index in [1.807, 2.05) is 102 Å². The number of aliphatic hydroxyl groups excluding tert-OH is 3. The van der Waals surface area contributed by atoms with Crippen molar-refractivity contribution in [1.82, 2.24) is 0 Å². The van der Waals surface area contributed by atoms with E-state index in [1.165, 1.54) is 38.7 Å². The average molecular weight is 858 g/mol. The second-order valence-corrected chi connectivity index (χ2v) is 9.90. The first-order valence-electron chi connectivity index (χ1n) is 19.8. The van der Waals surface area contributed by atoms with Gasteiger partial charge < -0.3 is 15.3 Å². The number of aliphatic hydroxyl groups is 3. The van der Waals surface area contributed by atoms with Crippen LogP contribution in [0, 0.1) is 12.1 Å². The molecule has 58 heavy (non-hydrogen) atoms. The van der Waals surface area contributed by atoms with Gasteiger partial charge in [0.25, 0.3) is 0 Å². The molecule has 8 aromatic rings. The van der Waals surface area contributed by atoms with Crippen molar-refractivity contribution >= 4 is 32.3 Å². The van der Waals surface area contributed by atoms with Gasteiger partial charge in [-0.25, -0.2) is 0 Å². The Morgan fingerprint density at radius 1 is 0.276 bits per heavy atom. The maximum Gasteiger partial charge on any atom is 0.0319 e. The van der Waals surface area contributed by atoms with Crippen LogP contribution in [-0.4, -0.2) is 36.6 Å². The normalized spacial score (nSPS) is 7.76. The van der Waals surface area contributed by atoms with Gasteiger partial charge in [0.1, 0.15) is 0 Å². The summed E-state index contributed by atoms with van der Waals surface area (Å²) in [5, 5.41) is 28.9.